The number of esters is 2. The number of benzene rings is 1. The molecule has 7 aromatic rings. The summed E-state index contributed by atoms with van der Waals surface area (Å²) in [5, 5.41) is 30.5. The number of aromatic amines is 1. The van der Waals surface area contributed by atoms with E-state index in [1.54, 1.807) is 79.0 Å². The molecule has 0 unspecified atom stereocenters. The zero-order valence-corrected chi connectivity index (χ0v) is 77.7. The van der Waals surface area contributed by atoms with Crippen LogP contribution in [-0.4, -0.2) is 288 Å². The number of hydrogen-bond donors (Lipinski definition) is 4. The monoisotopic (exact) mass is 1820 g/mol. The van der Waals surface area contributed by atoms with Crippen LogP contribution in [0.3, 0.4) is 0 Å². The number of nitrogens with zero attached hydrogens (tertiary/aromatic N) is 15. The number of allylic oxidation sites excluding steroid dienone is 6. The van der Waals surface area contributed by atoms with Gasteiger partial charge in [0, 0.05) is 185 Å². The molecule has 12 heterocycles. The van der Waals surface area contributed by atoms with E-state index in [-0.39, 0.29) is 73.9 Å². The molecule has 5 fully saturated rings. The number of piperidine rings is 1. The highest BCUT2D eigenvalue weighted by Crippen LogP contribution is 2.40. The van der Waals surface area contributed by atoms with Crippen LogP contribution in [0.4, 0.5) is 17.7 Å². The molecule has 6 aliphatic heterocycles. The Kier molecular flexibility index (Phi) is 32.9. The van der Waals surface area contributed by atoms with Crippen LogP contribution in [0.15, 0.2) is 121 Å². The number of aromatic nitrogens is 10. The highest BCUT2D eigenvalue weighted by molar-refractivity contribution is 6.39. The number of aryl methyl sites for hydroxylation is 1. The summed E-state index contributed by atoms with van der Waals surface area (Å²) in [6.07, 6.45) is 23.1. The first kappa shape index (κ1) is 97.1. The standard InChI is InChI=1S/C98H129N17O17/c1-60-16-12-11-13-17-61(2)79(126-8)50-75-24-19-66(7)98(125,132-75)89(121)94(123)114-31-15-14-18-76(114)95(124)131-80(51-77(116)62(3)45-65(6)87(120)88(128-10)86(119)64(5)44-60)63(4)46-67-21-25-78(81(48-67)127-9)130-83(118)26-22-69-52-102-96(103-53-69)112-39-37-110(38-40-112)82(117)29-42-129-43-41-109-33-35-111(36-34-109)97-104-55-74(56-105-97)93(122)113-32-28-70-47-68(20-23-72(70)58-113)57-115-92-84(90(99)106-59-107-92)85(108-115)73-49-71-27-30-100-91(71)101-54-73/h11-13,16-17,20,23,27,30,45,47,49,52-56,59-60,62-64,66-67,75-76,78-81,87-88,120,125H,14-15,18-19,21-22,24-26,28-29,31-44,46,48,50-51,57-58H2,1-10H3,(H,100,101)(H2,99,106,107)/b13-11+,16-12+,61-17+,65-45+/t60-,62-,63-,64-,66-,67+,75+,76+,78-,79+,80+,81-,87-,88+,98-/m1/s1. The quantitative estimate of drug-likeness (QED) is 0.0212. The van der Waals surface area contributed by atoms with Gasteiger partial charge in [0.2, 0.25) is 23.6 Å². The number of fused-ring (bicyclic) bond motifs is 6. The summed E-state index contributed by atoms with van der Waals surface area (Å²) in [6.45, 7) is 20.7. The third-order valence-electron chi connectivity index (χ3n) is 27.6. The second-order valence-electron chi connectivity index (χ2n) is 37.0. The first-order valence-electron chi connectivity index (χ1n) is 46.8. The van der Waals surface area contributed by atoms with Crippen molar-refractivity contribution in [2.75, 3.05) is 122 Å². The summed E-state index contributed by atoms with van der Waals surface area (Å²) in [5.74, 6) is -7.73. The van der Waals surface area contributed by atoms with E-state index >= 15 is 0 Å². The lowest BCUT2D eigenvalue weighted by Crippen LogP contribution is -2.61. The molecule has 1 saturated carbocycles. The number of ether oxygens (including phenoxy) is 7. The van der Waals surface area contributed by atoms with Crippen LogP contribution in [0, 0.1) is 35.5 Å². The van der Waals surface area contributed by atoms with Gasteiger partial charge >= 0.3 is 11.9 Å². The maximum atomic E-state index is 14.8. The molecule has 132 heavy (non-hydrogen) atoms. The number of amides is 3. The van der Waals surface area contributed by atoms with Crippen LogP contribution in [0.1, 0.15) is 171 Å². The van der Waals surface area contributed by atoms with Gasteiger partial charge in [-0.05, 0) is 154 Å². The number of aliphatic hydroxyl groups is 2. The molecule has 6 aromatic heterocycles. The fourth-order valence-corrected chi connectivity index (χ4v) is 19.5. The van der Waals surface area contributed by atoms with Crippen molar-refractivity contribution in [3.8, 4) is 11.3 Å². The van der Waals surface area contributed by atoms with E-state index in [0.717, 1.165) is 58.5 Å². The highest BCUT2D eigenvalue weighted by atomic mass is 16.6. The molecule has 34 heteroatoms. The minimum Gasteiger partial charge on any atom is -0.460 e. The molecular formula is C98H129N17O17. The molecule has 1 aromatic carbocycles. The van der Waals surface area contributed by atoms with Crippen LogP contribution in [0.25, 0.3) is 33.3 Å². The Hall–Kier alpha value is -11.0. The molecular weight excluding hydrogens is 1690 g/mol. The molecule has 0 spiro atoms. The number of cyclic esters (lactones) is 1. The Morgan fingerprint density at radius 3 is 2.21 bits per heavy atom. The summed E-state index contributed by atoms with van der Waals surface area (Å²) in [7, 11) is 4.52. The van der Waals surface area contributed by atoms with Gasteiger partial charge in [-0.1, -0.05) is 89.3 Å². The number of anilines is 3. The fraction of sp³-hybridized carbons (Fsp3) is 0.571. The van der Waals surface area contributed by atoms with E-state index < -0.39 is 102 Å². The van der Waals surface area contributed by atoms with Gasteiger partial charge in [-0.2, -0.15) is 5.10 Å². The highest BCUT2D eigenvalue weighted by Gasteiger charge is 2.53. The van der Waals surface area contributed by atoms with Crippen LogP contribution < -0.4 is 15.5 Å². The summed E-state index contributed by atoms with van der Waals surface area (Å²) in [6, 6.07) is 9.11. The third-order valence-corrected chi connectivity index (χ3v) is 27.6. The van der Waals surface area contributed by atoms with Crippen molar-refractivity contribution >= 4 is 86.8 Å². The van der Waals surface area contributed by atoms with Crippen molar-refractivity contribution in [1.29, 1.82) is 0 Å². The number of rotatable bonds is 22. The van der Waals surface area contributed by atoms with Crippen molar-refractivity contribution in [3.05, 3.63) is 149 Å². The van der Waals surface area contributed by atoms with E-state index in [0.29, 0.717) is 188 Å². The Labute approximate surface area is 770 Å². The Morgan fingerprint density at radius 1 is 0.720 bits per heavy atom. The average molecular weight is 1820 g/mol. The number of carbonyl (C=O) groups excluding carboxylic acids is 8. The maximum Gasteiger partial charge on any atom is 0.329 e. The van der Waals surface area contributed by atoms with E-state index in [1.807, 2.05) is 88.9 Å². The fourth-order valence-electron chi connectivity index (χ4n) is 19.5. The van der Waals surface area contributed by atoms with E-state index in [4.69, 9.17) is 44.0 Å². The van der Waals surface area contributed by atoms with Crippen LogP contribution >= 0.6 is 0 Å². The number of piperazine rings is 2. The van der Waals surface area contributed by atoms with Crippen LogP contribution in [0.2, 0.25) is 0 Å². The lowest BCUT2D eigenvalue weighted by molar-refractivity contribution is -0.265. The number of H-pyrrole nitrogens is 1. The molecule has 2 bridgehead atoms. The number of nitrogens with two attached hydrogens (primary N) is 1. The molecule has 1 aliphatic carbocycles. The first-order chi connectivity index (χ1) is 63.6. The van der Waals surface area contributed by atoms with Crippen molar-refractivity contribution in [2.24, 2.45) is 35.5 Å². The van der Waals surface area contributed by atoms with Gasteiger partial charge in [0.25, 0.3) is 17.6 Å². The zero-order valence-electron chi connectivity index (χ0n) is 77.7. The van der Waals surface area contributed by atoms with E-state index in [2.05, 4.69) is 67.9 Å². The van der Waals surface area contributed by atoms with Gasteiger partial charge in [-0.25, -0.2) is 44.4 Å². The predicted molar refractivity (Wildman–Crippen MR) is 493 cm³/mol. The number of methoxy groups -OCH3 is 3. The number of nitrogen functional groups attached to an aromatic ring is 1. The van der Waals surface area contributed by atoms with Crippen LogP contribution in [0.5, 0.6) is 0 Å². The Bertz CT molecular complexity index is 5330. The molecule has 5 N–H and O–H groups in total. The number of hydrogen-bond acceptors (Lipinski definition) is 29. The van der Waals surface area contributed by atoms with Crippen molar-refractivity contribution < 1.29 is 81.7 Å². The summed E-state index contributed by atoms with van der Waals surface area (Å²) >= 11 is 0. The predicted octanol–water partition coefficient (Wildman–Crippen LogP) is 9.33. The molecule has 708 valence electrons. The van der Waals surface area contributed by atoms with Gasteiger partial charge in [-0.3, -0.25) is 38.5 Å². The van der Waals surface area contributed by atoms with E-state index in [1.165, 1.54) is 23.9 Å². The maximum absolute atomic E-state index is 14.8. The molecule has 0 radical (unpaired) electrons. The molecule has 4 saturated heterocycles. The van der Waals surface area contributed by atoms with Gasteiger partial charge in [0.1, 0.15) is 59.7 Å². The van der Waals surface area contributed by atoms with Gasteiger partial charge in [-0.15, -0.1) is 0 Å². The Balaban J connectivity index is 0.499. The lowest BCUT2D eigenvalue weighted by atomic mass is 9.78. The summed E-state index contributed by atoms with van der Waals surface area (Å²) in [5.41, 5.74) is 15.0. The molecule has 34 nitrogen and oxygen atoms in total. The second kappa shape index (κ2) is 44.7. The van der Waals surface area contributed by atoms with E-state index in [9.17, 15) is 48.6 Å². The molecule has 14 rings (SSSR count). The summed E-state index contributed by atoms with van der Waals surface area (Å²) in [4.78, 5) is 160. The lowest BCUT2D eigenvalue weighted by Gasteiger charge is -2.42. The Morgan fingerprint density at radius 2 is 1.47 bits per heavy atom. The minimum atomic E-state index is -2.49. The molecule has 3 amide bonds. The van der Waals surface area contributed by atoms with Gasteiger partial charge < -0.3 is 78.6 Å². The average Bonchev–Trinajstić information content (AvgIpc) is 1.70. The SMILES string of the molecule is CO[C@H]1C[C@@H]2CC[C@@H](C)[C@@](O)(O2)C(=O)C(=O)N2CCCC[C@H]2C(=O)O[C@H]([C@H](C)C[C@@H]2CC[C@@H](OC(=O)CCc3cnc(N4CCN(C(=O)CCOCCN5CCN(c6ncc(C(=O)N7CCc8cc(Cn9nc(-c%10cnc%11[nH]ccc%11c%10)c%10c(N)ncnc%109)ccc8C7)cn6)CC5)CC4)nc3)[C@H](OC)C2)CC(=O)[C@H](C)/C=C(\C)[C@@H](O)[C@@H](OC)C(=O)[C@H](C)C[C@H](C)/C=C/C=C/C=C/1C. The smallest absolute Gasteiger partial charge is 0.329 e. The second-order valence-corrected chi connectivity index (χ2v) is 37.0. The van der Waals surface area contributed by atoms with Crippen LogP contribution in [-0.2, 0) is 92.7 Å². The topological polar surface area (TPSA) is 411 Å². The molecule has 7 aliphatic rings. The number of Topliss-reactive ketones (excluding diaryl/α,β-unsaturated/α-hetero) is 3. The number of carbonyl (C=O) groups is 8. The number of ketones is 3. The summed E-state index contributed by atoms with van der Waals surface area (Å²) < 4.78 is 44.2. The van der Waals surface area contributed by atoms with Crippen molar-refractivity contribution in [3.63, 3.8) is 0 Å². The van der Waals surface area contributed by atoms with Crippen molar-refractivity contribution in [1.82, 2.24) is 69.3 Å². The normalized spacial score (nSPS) is 28.0. The van der Waals surface area contributed by atoms with Gasteiger partial charge in [0.05, 0.1) is 55.4 Å². The number of aliphatic hydroxyl groups excluding tert-OH is 1. The van der Waals surface area contributed by atoms with Crippen molar-refractivity contribution in [2.45, 2.75) is 219 Å². The zero-order chi connectivity index (χ0) is 93.4. The number of nitrogens with one attached hydrogen (secondary N) is 1. The third kappa shape index (κ3) is 23.6. The largest absolute Gasteiger partial charge is 0.460 e. The minimum absolute atomic E-state index is 0.0220. The molecule has 15 atom stereocenters. The first-order valence-corrected chi connectivity index (χ1v) is 46.8. The van der Waals surface area contributed by atoms with Gasteiger partial charge in [0.15, 0.2) is 11.4 Å². The number of pyridine rings is 1.